The fourth-order valence-electron chi connectivity index (χ4n) is 2.06. The second-order valence-electron chi connectivity index (χ2n) is 4.20. The molecule has 1 aliphatic heterocycles. The lowest BCUT2D eigenvalue weighted by Gasteiger charge is -2.26. The Balaban J connectivity index is 1.88. The van der Waals surface area contributed by atoms with Crippen LogP contribution in [0.25, 0.3) is 5.78 Å². The highest BCUT2D eigenvalue weighted by Gasteiger charge is 2.12. The Hall–Kier alpha value is -1.73. The van der Waals surface area contributed by atoms with Crippen LogP contribution in [0.4, 0.5) is 0 Å². The van der Waals surface area contributed by atoms with Crippen molar-refractivity contribution in [3.05, 3.63) is 28.4 Å². The number of piperazine rings is 1. The Labute approximate surface area is 97.5 Å². The van der Waals surface area contributed by atoms with E-state index in [-0.39, 0.29) is 5.56 Å². The zero-order chi connectivity index (χ0) is 11.7. The number of hydrogen-bond donors (Lipinski definition) is 2. The van der Waals surface area contributed by atoms with E-state index in [1.807, 2.05) is 0 Å². The molecule has 0 saturated carbocycles. The molecule has 90 valence electrons. The smallest absolute Gasteiger partial charge is 0.256 e. The van der Waals surface area contributed by atoms with Gasteiger partial charge in [-0.05, 0) is 0 Å². The minimum atomic E-state index is -0.0796. The number of nitrogens with zero attached hydrogens (tertiary/aromatic N) is 4. The van der Waals surface area contributed by atoms with Crippen molar-refractivity contribution in [2.45, 2.75) is 6.54 Å². The van der Waals surface area contributed by atoms with Crippen LogP contribution in [-0.4, -0.2) is 50.7 Å². The van der Waals surface area contributed by atoms with Crippen LogP contribution >= 0.6 is 0 Å². The first kappa shape index (κ1) is 10.4. The van der Waals surface area contributed by atoms with Gasteiger partial charge in [0.25, 0.3) is 5.56 Å². The van der Waals surface area contributed by atoms with E-state index >= 15 is 0 Å². The maximum Gasteiger partial charge on any atom is 0.256 e. The topological polar surface area (TPSA) is 78.3 Å². The monoisotopic (exact) mass is 234 g/mol. The van der Waals surface area contributed by atoms with Crippen LogP contribution in [0.2, 0.25) is 0 Å². The summed E-state index contributed by atoms with van der Waals surface area (Å²) < 4.78 is 1.74. The van der Waals surface area contributed by atoms with Gasteiger partial charge < -0.3 is 5.32 Å². The molecule has 2 aromatic heterocycles. The average Bonchev–Trinajstić information content (AvgIpc) is 2.78. The number of nitrogens with one attached hydrogen (secondary N) is 2. The summed E-state index contributed by atoms with van der Waals surface area (Å²) in [5.74, 6) is 0.485. The number of aromatic amines is 1. The number of aromatic nitrogens is 4. The Kier molecular flexibility index (Phi) is 2.62. The van der Waals surface area contributed by atoms with Crippen molar-refractivity contribution in [3.8, 4) is 0 Å². The summed E-state index contributed by atoms with van der Waals surface area (Å²) >= 11 is 0. The van der Waals surface area contributed by atoms with Gasteiger partial charge in [-0.1, -0.05) is 0 Å². The van der Waals surface area contributed by atoms with E-state index in [4.69, 9.17) is 0 Å². The van der Waals surface area contributed by atoms with Gasteiger partial charge in [0, 0.05) is 44.5 Å². The average molecular weight is 234 g/mol. The Morgan fingerprint density at radius 2 is 2.18 bits per heavy atom. The normalized spacial score (nSPS) is 17.6. The van der Waals surface area contributed by atoms with Crippen molar-refractivity contribution < 1.29 is 0 Å². The second-order valence-corrected chi connectivity index (χ2v) is 4.20. The molecular formula is C10H14N6O. The summed E-state index contributed by atoms with van der Waals surface area (Å²) in [4.78, 5) is 16.8. The van der Waals surface area contributed by atoms with Crippen LogP contribution in [-0.2, 0) is 6.54 Å². The lowest BCUT2D eigenvalue weighted by molar-refractivity contribution is 0.232. The van der Waals surface area contributed by atoms with Crippen molar-refractivity contribution in [3.63, 3.8) is 0 Å². The maximum atomic E-state index is 11.8. The third-order valence-corrected chi connectivity index (χ3v) is 2.99. The number of hydrogen-bond acceptors (Lipinski definition) is 5. The molecule has 7 heteroatoms. The van der Waals surface area contributed by atoms with Gasteiger partial charge in [0.05, 0.1) is 0 Å². The lowest BCUT2D eigenvalue weighted by atomic mass is 10.2. The predicted molar refractivity (Wildman–Crippen MR) is 61.8 cm³/mol. The molecule has 0 atom stereocenters. The van der Waals surface area contributed by atoms with Crippen LogP contribution < -0.4 is 10.9 Å². The number of fused-ring (bicyclic) bond motifs is 1. The molecule has 0 radical (unpaired) electrons. The molecule has 0 aliphatic carbocycles. The zero-order valence-corrected chi connectivity index (χ0v) is 9.39. The molecule has 1 saturated heterocycles. The van der Waals surface area contributed by atoms with E-state index < -0.39 is 0 Å². The van der Waals surface area contributed by atoms with Crippen molar-refractivity contribution in [1.29, 1.82) is 0 Å². The van der Waals surface area contributed by atoms with Gasteiger partial charge in [-0.2, -0.15) is 0 Å². The van der Waals surface area contributed by atoms with Crippen molar-refractivity contribution >= 4 is 5.78 Å². The quantitative estimate of drug-likeness (QED) is 0.684. The van der Waals surface area contributed by atoms with Crippen molar-refractivity contribution in [1.82, 2.24) is 29.8 Å². The molecule has 0 amide bonds. The van der Waals surface area contributed by atoms with Crippen LogP contribution in [0.1, 0.15) is 5.56 Å². The summed E-state index contributed by atoms with van der Waals surface area (Å²) in [5.41, 5.74) is 0.670. The highest BCUT2D eigenvalue weighted by molar-refractivity contribution is 5.26. The molecule has 1 aliphatic rings. The number of rotatable bonds is 2. The summed E-state index contributed by atoms with van der Waals surface area (Å²) in [5, 5.41) is 10.8. The van der Waals surface area contributed by atoms with E-state index in [1.54, 1.807) is 16.9 Å². The standard InChI is InChI=1S/C10H14N6O/c17-9-8(5-15-3-1-11-2-4-15)6-16-7-12-14-10(16)13-9/h6-7,11H,1-5H2,(H,13,14,17). The van der Waals surface area contributed by atoms with Gasteiger partial charge in [-0.25, -0.2) is 0 Å². The third kappa shape index (κ3) is 2.06. The van der Waals surface area contributed by atoms with E-state index in [2.05, 4.69) is 25.4 Å². The first-order chi connectivity index (χ1) is 8.33. The Morgan fingerprint density at radius 1 is 1.35 bits per heavy atom. The number of H-pyrrole nitrogens is 1. The van der Waals surface area contributed by atoms with Gasteiger partial charge in [-0.15, -0.1) is 10.2 Å². The molecule has 0 unspecified atom stereocenters. The van der Waals surface area contributed by atoms with Gasteiger partial charge in [-0.3, -0.25) is 19.1 Å². The summed E-state index contributed by atoms with van der Waals surface area (Å²) in [6.07, 6.45) is 3.39. The molecule has 17 heavy (non-hydrogen) atoms. The molecule has 0 bridgehead atoms. The predicted octanol–water partition coefficient (Wildman–Crippen LogP) is -1.18. The van der Waals surface area contributed by atoms with Crippen LogP contribution in [0.15, 0.2) is 17.3 Å². The lowest BCUT2D eigenvalue weighted by Crippen LogP contribution is -2.43. The maximum absolute atomic E-state index is 11.8. The molecule has 3 heterocycles. The first-order valence-electron chi connectivity index (χ1n) is 5.67. The van der Waals surface area contributed by atoms with Gasteiger partial charge in [0.15, 0.2) is 0 Å². The molecule has 0 aromatic carbocycles. The fourth-order valence-corrected chi connectivity index (χ4v) is 2.06. The Bertz CT molecular complexity index is 567. The largest absolute Gasteiger partial charge is 0.314 e. The fraction of sp³-hybridized carbons (Fsp3) is 0.500. The summed E-state index contributed by atoms with van der Waals surface area (Å²) in [6, 6.07) is 0. The van der Waals surface area contributed by atoms with E-state index in [0.29, 0.717) is 12.3 Å². The highest BCUT2D eigenvalue weighted by Crippen LogP contribution is 2.01. The van der Waals surface area contributed by atoms with E-state index in [0.717, 1.165) is 31.7 Å². The molecule has 1 fully saturated rings. The molecule has 0 spiro atoms. The first-order valence-corrected chi connectivity index (χ1v) is 5.67. The van der Waals surface area contributed by atoms with Gasteiger partial charge in [0.1, 0.15) is 6.33 Å². The van der Waals surface area contributed by atoms with E-state index in [9.17, 15) is 4.79 Å². The molecule has 3 rings (SSSR count). The highest BCUT2D eigenvalue weighted by atomic mass is 16.1. The zero-order valence-electron chi connectivity index (χ0n) is 9.39. The van der Waals surface area contributed by atoms with Crippen molar-refractivity contribution in [2.75, 3.05) is 26.2 Å². The second kappa shape index (κ2) is 4.27. The van der Waals surface area contributed by atoms with Gasteiger partial charge in [0.2, 0.25) is 5.78 Å². The molecular weight excluding hydrogens is 220 g/mol. The molecule has 2 N–H and O–H groups in total. The van der Waals surface area contributed by atoms with Crippen LogP contribution in [0, 0.1) is 0 Å². The SMILES string of the molecule is O=c1[nH]c2nncn2cc1CN1CCNCC1. The molecule has 2 aromatic rings. The minimum absolute atomic E-state index is 0.0796. The third-order valence-electron chi connectivity index (χ3n) is 2.99. The summed E-state index contributed by atoms with van der Waals surface area (Å²) in [7, 11) is 0. The molecule has 7 nitrogen and oxygen atoms in total. The minimum Gasteiger partial charge on any atom is -0.314 e. The Morgan fingerprint density at radius 3 is 3.00 bits per heavy atom. The van der Waals surface area contributed by atoms with Crippen molar-refractivity contribution in [2.24, 2.45) is 0 Å². The van der Waals surface area contributed by atoms with Gasteiger partial charge >= 0.3 is 0 Å². The van der Waals surface area contributed by atoms with Crippen LogP contribution in [0.5, 0.6) is 0 Å². The van der Waals surface area contributed by atoms with Crippen LogP contribution in [0.3, 0.4) is 0 Å². The summed E-state index contributed by atoms with van der Waals surface area (Å²) in [6.45, 7) is 4.57. The van der Waals surface area contributed by atoms with E-state index in [1.165, 1.54) is 0 Å².